The van der Waals surface area contributed by atoms with Crippen molar-refractivity contribution >= 4 is 25.9 Å². The minimum atomic E-state index is 0.186. The van der Waals surface area contributed by atoms with Crippen LogP contribution in [0.25, 0.3) is 6.08 Å². The lowest BCUT2D eigenvalue weighted by molar-refractivity contribution is -0.120. The van der Waals surface area contributed by atoms with Gasteiger partial charge in [-0.15, -0.1) is 0 Å². The Balaban J connectivity index is 1.80. The Morgan fingerprint density at radius 3 is 2.71 bits per heavy atom. The van der Waals surface area contributed by atoms with E-state index in [-0.39, 0.29) is 5.92 Å². The first-order valence-corrected chi connectivity index (χ1v) is 9.10. The molecule has 0 aromatic heterocycles. The van der Waals surface area contributed by atoms with Gasteiger partial charge in [-0.1, -0.05) is 17.7 Å². The minimum Gasteiger partial charge on any atom is -0.308 e. The average Bonchev–Trinajstić information content (AvgIpc) is 3.23. The normalized spacial score (nSPS) is 24.1. The van der Waals surface area contributed by atoms with Crippen LogP contribution in [-0.4, -0.2) is 5.78 Å². The van der Waals surface area contributed by atoms with Gasteiger partial charge in [-0.3, -0.25) is 4.79 Å². The van der Waals surface area contributed by atoms with Gasteiger partial charge < -0.3 is 5.50 Å². The monoisotopic (exact) mass is 299 g/mol. The van der Waals surface area contributed by atoms with E-state index in [0.717, 1.165) is 25.2 Å². The first-order chi connectivity index (χ1) is 10.2. The van der Waals surface area contributed by atoms with Crippen molar-refractivity contribution in [1.29, 1.82) is 0 Å². The lowest BCUT2D eigenvalue weighted by Crippen LogP contribution is -2.17. The first kappa shape index (κ1) is 13.7. The van der Waals surface area contributed by atoms with E-state index in [1.165, 1.54) is 46.8 Å². The van der Waals surface area contributed by atoms with Crippen LogP contribution in [-0.2, 0) is 24.1 Å². The Morgan fingerprint density at radius 1 is 1.24 bits per heavy atom. The van der Waals surface area contributed by atoms with E-state index >= 15 is 0 Å². The van der Waals surface area contributed by atoms with Gasteiger partial charge in [-0.05, 0) is 87.7 Å². The summed E-state index contributed by atoms with van der Waals surface area (Å²) in [6, 6.07) is 2.37. The van der Waals surface area contributed by atoms with Crippen molar-refractivity contribution in [2.45, 2.75) is 45.4 Å². The first-order valence-electron chi connectivity index (χ1n) is 8.02. The SMILES string of the molecule is CC(=O)C1Cc2cc3c(c(PN)c2C1)C=C(C1CC1)CC3. The summed E-state index contributed by atoms with van der Waals surface area (Å²) in [5.74, 6) is 1.36. The summed E-state index contributed by atoms with van der Waals surface area (Å²) in [5, 5.41) is 1.35. The number of hydrogen-bond donors (Lipinski definition) is 1. The zero-order valence-electron chi connectivity index (χ0n) is 12.5. The molecule has 2 unspecified atom stereocenters. The number of Topliss-reactive ketones (excluding diaryl/α,β-unsaturated/α-hetero) is 1. The molecule has 2 N–H and O–H groups in total. The summed E-state index contributed by atoms with van der Waals surface area (Å²) < 4.78 is 0. The topological polar surface area (TPSA) is 43.1 Å². The molecule has 0 aliphatic heterocycles. The van der Waals surface area contributed by atoms with Crippen molar-refractivity contribution in [3.63, 3.8) is 0 Å². The highest BCUT2D eigenvalue weighted by Gasteiger charge is 2.32. The third-order valence-electron chi connectivity index (χ3n) is 5.40. The van der Waals surface area contributed by atoms with Crippen molar-refractivity contribution in [2.24, 2.45) is 17.3 Å². The second-order valence-corrected chi connectivity index (χ2v) is 7.60. The number of fused-ring (bicyclic) bond motifs is 2. The lowest BCUT2D eigenvalue weighted by Gasteiger charge is -2.21. The Kier molecular flexibility index (Phi) is 3.28. The van der Waals surface area contributed by atoms with Crippen molar-refractivity contribution in [3.05, 3.63) is 33.9 Å². The largest absolute Gasteiger partial charge is 0.308 e. The van der Waals surface area contributed by atoms with Crippen molar-refractivity contribution in [1.82, 2.24) is 0 Å². The summed E-state index contributed by atoms with van der Waals surface area (Å²) in [6.45, 7) is 1.73. The molecule has 1 saturated carbocycles. The number of allylic oxidation sites excluding steroid dienone is 1. The second kappa shape index (κ2) is 5.04. The van der Waals surface area contributed by atoms with Gasteiger partial charge in [0.25, 0.3) is 0 Å². The number of hydrogen-bond acceptors (Lipinski definition) is 2. The van der Waals surface area contributed by atoms with Crippen LogP contribution >= 0.6 is 8.73 Å². The number of carbonyl (C=O) groups excluding carboxylic acids is 1. The maximum absolute atomic E-state index is 11.7. The van der Waals surface area contributed by atoms with E-state index < -0.39 is 0 Å². The quantitative estimate of drug-likeness (QED) is 0.872. The molecule has 1 aromatic rings. The predicted molar refractivity (Wildman–Crippen MR) is 89.2 cm³/mol. The molecule has 3 aliphatic carbocycles. The van der Waals surface area contributed by atoms with Gasteiger partial charge in [0.05, 0.1) is 0 Å². The highest BCUT2D eigenvalue weighted by molar-refractivity contribution is 7.45. The van der Waals surface area contributed by atoms with E-state index in [0.29, 0.717) is 14.5 Å². The van der Waals surface area contributed by atoms with Crippen LogP contribution in [0.5, 0.6) is 0 Å². The summed E-state index contributed by atoms with van der Waals surface area (Å²) in [6.07, 6.45) is 9.40. The summed E-state index contributed by atoms with van der Waals surface area (Å²) >= 11 is 0. The smallest absolute Gasteiger partial charge is 0.133 e. The molecule has 0 amide bonds. The molecule has 1 fully saturated rings. The number of ketones is 1. The molecule has 1 aromatic carbocycles. The van der Waals surface area contributed by atoms with Gasteiger partial charge in [-0.25, -0.2) is 0 Å². The number of carbonyl (C=O) groups is 1. The van der Waals surface area contributed by atoms with Gasteiger partial charge >= 0.3 is 0 Å². The van der Waals surface area contributed by atoms with Gasteiger partial charge in [0.1, 0.15) is 5.78 Å². The summed E-state index contributed by atoms with van der Waals surface area (Å²) in [7, 11) is 0.342. The molecule has 0 spiro atoms. The maximum Gasteiger partial charge on any atom is 0.133 e. The van der Waals surface area contributed by atoms with E-state index in [1.54, 1.807) is 12.5 Å². The molecule has 3 aliphatic rings. The lowest BCUT2D eigenvalue weighted by atomic mass is 9.87. The highest BCUT2D eigenvalue weighted by atomic mass is 31.1. The standard InChI is InChI=1S/C18H22NOP/c1-10(20)14-7-15-6-13-5-4-12(11-2-3-11)8-16(13)18(21-19)17(15)9-14/h6,8,11,14,21H,2-5,7,9,19H2,1H3. The van der Waals surface area contributed by atoms with Crippen LogP contribution in [0.4, 0.5) is 0 Å². The maximum atomic E-state index is 11.7. The van der Waals surface area contributed by atoms with Crippen LogP contribution in [0, 0.1) is 11.8 Å². The van der Waals surface area contributed by atoms with Crippen LogP contribution in [0.15, 0.2) is 11.6 Å². The molecule has 0 bridgehead atoms. The molecule has 2 nitrogen and oxygen atoms in total. The molecule has 4 rings (SSSR count). The van der Waals surface area contributed by atoms with Crippen LogP contribution in [0.1, 0.15) is 48.4 Å². The van der Waals surface area contributed by atoms with Gasteiger partial charge in [-0.2, -0.15) is 0 Å². The Hall–Kier alpha value is -0.980. The van der Waals surface area contributed by atoms with E-state index in [1.807, 2.05) is 0 Å². The molecule has 0 heterocycles. The number of nitrogens with two attached hydrogens (primary N) is 1. The average molecular weight is 299 g/mol. The van der Waals surface area contributed by atoms with Gasteiger partial charge in [0.2, 0.25) is 0 Å². The number of aryl methyl sites for hydroxylation is 1. The van der Waals surface area contributed by atoms with E-state index in [2.05, 4.69) is 12.1 Å². The van der Waals surface area contributed by atoms with Crippen LogP contribution in [0.3, 0.4) is 0 Å². The molecular formula is C18H22NOP. The highest BCUT2D eigenvalue weighted by Crippen LogP contribution is 2.43. The Labute approximate surface area is 128 Å². The molecule has 3 heteroatoms. The fourth-order valence-corrected chi connectivity index (χ4v) is 4.82. The third-order valence-corrected chi connectivity index (χ3v) is 6.26. The van der Waals surface area contributed by atoms with Crippen molar-refractivity contribution < 1.29 is 4.79 Å². The third kappa shape index (κ3) is 2.29. The number of benzene rings is 1. The predicted octanol–water partition coefficient (Wildman–Crippen LogP) is 2.91. The molecule has 0 radical (unpaired) electrons. The van der Waals surface area contributed by atoms with Crippen molar-refractivity contribution in [2.75, 3.05) is 0 Å². The second-order valence-electron chi connectivity index (χ2n) is 6.82. The molecular weight excluding hydrogens is 277 g/mol. The molecule has 110 valence electrons. The summed E-state index contributed by atoms with van der Waals surface area (Å²) in [4.78, 5) is 11.7. The van der Waals surface area contributed by atoms with Gasteiger partial charge in [0, 0.05) is 5.92 Å². The van der Waals surface area contributed by atoms with Crippen LogP contribution < -0.4 is 10.8 Å². The molecule has 21 heavy (non-hydrogen) atoms. The Morgan fingerprint density at radius 2 is 2.05 bits per heavy atom. The van der Waals surface area contributed by atoms with E-state index in [9.17, 15) is 4.79 Å². The molecule has 2 atom stereocenters. The number of rotatable bonds is 3. The van der Waals surface area contributed by atoms with Crippen LogP contribution in [0.2, 0.25) is 0 Å². The Bertz CT molecular complexity index is 658. The fourth-order valence-electron chi connectivity index (χ4n) is 3.99. The van der Waals surface area contributed by atoms with Crippen molar-refractivity contribution in [3.8, 4) is 0 Å². The minimum absolute atomic E-state index is 0.186. The van der Waals surface area contributed by atoms with E-state index in [4.69, 9.17) is 5.50 Å². The summed E-state index contributed by atoms with van der Waals surface area (Å²) in [5.41, 5.74) is 13.4. The molecule has 0 saturated heterocycles. The zero-order valence-corrected chi connectivity index (χ0v) is 13.5. The zero-order chi connectivity index (χ0) is 14.6. The van der Waals surface area contributed by atoms with Gasteiger partial charge in [0.15, 0.2) is 0 Å². The fraction of sp³-hybridized carbons (Fsp3) is 0.500.